The summed E-state index contributed by atoms with van der Waals surface area (Å²) in [6.45, 7) is 1.77. The van der Waals surface area contributed by atoms with Gasteiger partial charge in [-0.25, -0.2) is 12.8 Å². The van der Waals surface area contributed by atoms with Gasteiger partial charge in [-0.1, -0.05) is 35.9 Å². The van der Waals surface area contributed by atoms with Crippen molar-refractivity contribution in [3.05, 3.63) is 89.7 Å². The van der Waals surface area contributed by atoms with Gasteiger partial charge in [0.05, 0.1) is 24.2 Å². The number of rotatable bonds is 6. The summed E-state index contributed by atoms with van der Waals surface area (Å²) in [5, 5.41) is 0. The van der Waals surface area contributed by atoms with Crippen molar-refractivity contribution in [3.8, 4) is 5.75 Å². The van der Waals surface area contributed by atoms with Crippen molar-refractivity contribution in [2.75, 3.05) is 11.4 Å². The number of nitrogens with zero attached hydrogens (tertiary/aromatic N) is 1. The largest absolute Gasteiger partial charge is 0.497 e. The van der Waals surface area contributed by atoms with Crippen LogP contribution in [0.1, 0.15) is 11.1 Å². The molecule has 0 radical (unpaired) electrons. The van der Waals surface area contributed by atoms with Crippen LogP contribution in [0.3, 0.4) is 0 Å². The molecule has 0 aliphatic carbocycles. The molecule has 0 saturated carbocycles. The predicted octanol–water partition coefficient (Wildman–Crippen LogP) is 4.54. The van der Waals surface area contributed by atoms with E-state index in [1.165, 1.54) is 17.5 Å². The van der Waals surface area contributed by atoms with E-state index in [1.807, 2.05) is 6.92 Å². The van der Waals surface area contributed by atoms with E-state index in [1.54, 1.807) is 66.7 Å². The molecule has 3 rings (SSSR count). The number of aryl methyl sites for hydroxylation is 1. The lowest BCUT2D eigenvalue weighted by atomic mass is 10.2. The summed E-state index contributed by atoms with van der Waals surface area (Å²) in [6, 6.07) is 19.4. The molecule has 3 aromatic carbocycles. The van der Waals surface area contributed by atoms with Gasteiger partial charge in [0, 0.05) is 5.56 Å². The second kappa shape index (κ2) is 7.80. The maximum atomic E-state index is 14.2. The second-order valence-electron chi connectivity index (χ2n) is 6.11. The van der Waals surface area contributed by atoms with E-state index < -0.39 is 15.8 Å². The summed E-state index contributed by atoms with van der Waals surface area (Å²) in [4.78, 5) is 0.153. The third-order valence-electron chi connectivity index (χ3n) is 4.24. The van der Waals surface area contributed by atoms with Crippen LogP contribution in [0.2, 0.25) is 0 Å². The standard InChI is InChI=1S/C21H20FNO3S/c1-16-7-13-20(14-8-16)27(24,25)23(15-17-5-3-4-6-21(17)22)18-9-11-19(26-2)12-10-18/h3-14H,15H2,1-2H3. The number of methoxy groups -OCH3 is 1. The minimum absolute atomic E-state index is 0.116. The van der Waals surface area contributed by atoms with Gasteiger partial charge in [-0.2, -0.15) is 0 Å². The Morgan fingerprint density at radius 3 is 2.15 bits per heavy atom. The zero-order valence-electron chi connectivity index (χ0n) is 15.1. The van der Waals surface area contributed by atoms with E-state index >= 15 is 0 Å². The monoisotopic (exact) mass is 385 g/mol. The fraction of sp³-hybridized carbons (Fsp3) is 0.143. The maximum Gasteiger partial charge on any atom is 0.264 e. The summed E-state index contributed by atoms with van der Waals surface area (Å²) < 4.78 is 47.1. The molecule has 0 heterocycles. The molecule has 6 heteroatoms. The Morgan fingerprint density at radius 2 is 1.56 bits per heavy atom. The van der Waals surface area contributed by atoms with Crippen LogP contribution in [-0.2, 0) is 16.6 Å². The van der Waals surface area contributed by atoms with Gasteiger partial charge >= 0.3 is 0 Å². The van der Waals surface area contributed by atoms with Gasteiger partial charge < -0.3 is 4.74 Å². The van der Waals surface area contributed by atoms with Crippen LogP contribution in [-0.4, -0.2) is 15.5 Å². The van der Waals surface area contributed by atoms with Crippen LogP contribution in [0.25, 0.3) is 0 Å². The fourth-order valence-electron chi connectivity index (χ4n) is 2.68. The van der Waals surface area contributed by atoms with E-state index in [9.17, 15) is 12.8 Å². The molecule has 0 spiro atoms. The minimum Gasteiger partial charge on any atom is -0.497 e. The lowest BCUT2D eigenvalue weighted by Gasteiger charge is -2.25. The number of hydrogen-bond acceptors (Lipinski definition) is 3. The van der Waals surface area contributed by atoms with E-state index in [2.05, 4.69) is 0 Å². The molecular formula is C21H20FNO3S. The number of ether oxygens (including phenoxy) is 1. The highest BCUT2D eigenvalue weighted by atomic mass is 32.2. The number of hydrogen-bond donors (Lipinski definition) is 0. The zero-order valence-corrected chi connectivity index (χ0v) is 15.9. The zero-order chi connectivity index (χ0) is 19.4. The highest BCUT2D eigenvalue weighted by Gasteiger charge is 2.26. The van der Waals surface area contributed by atoms with Gasteiger partial charge in [0.25, 0.3) is 10.0 Å². The maximum absolute atomic E-state index is 14.2. The van der Waals surface area contributed by atoms with Gasteiger partial charge in [0.15, 0.2) is 0 Å². The molecule has 0 fully saturated rings. The van der Waals surface area contributed by atoms with Crippen molar-refractivity contribution >= 4 is 15.7 Å². The summed E-state index contributed by atoms with van der Waals surface area (Å²) in [6.07, 6.45) is 0. The Bertz CT molecular complexity index is 1020. The summed E-state index contributed by atoms with van der Waals surface area (Å²) in [7, 11) is -2.34. The topological polar surface area (TPSA) is 46.6 Å². The van der Waals surface area contributed by atoms with Crippen LogP contribution < -0.4 is 9.04 Å². The van der Waals surface area contributed by atoms with Gasteiger partial charge in [-0.05, 0) is 49.4 Å². The molecule has 0 aliphatic heterocycles. The Balaban J connectivity index is 2.08. The lowest BCUT2D eigenvalue weighted by molar-refractivity contribution is 0.415. The van der Waals surface area contributed by atoms with Gasteiger partial charge in [-0.15, -0.1) is 0 Å². The third-order valence-corrected chi connectivity index (χ3v) is 6.03. The summed E-state index contributed by atoms with van der Waals surface area (Å²) in [5.41, 5.74) is 1.68. The van der Waals surface area contributed by atoms with Crippen molar-refractivity contribution in [3.63, 3.8) is 0 Å². The van der Waals surface area contributed by atoms with Gasteiger partial charge in [-0.3, -0.25) is 4.31 Å². The molecule has 0 atom stereocenters. The number of anilines is 1. The Labute approximate surface area is 158 Å². The first kappa shape index (κ1) is 18.9. The molecule has 4 nitrogen and oxygen atoms in total. The van der Waals surface area contributed by atoms with Crippen molar-refractivity contribution < 1.29 is 17.5 Å². The van der Waals surface area contributed by atoms with E-state index in [4.69, 9.17) is 4.74 Å². The quantitative estimate of drug-likeness (QED) is 0.626. The van der Waals surface area contributed by atoms with Crippen LogP contribution in [0, 0.1) is 12.7 Å². The Kier molecular flexibility index (Phi) is 5.46. The van der Waals surface area contributed by atoms with Crippen molar-refractivity contribution in [2.24, 2.45) is 0 Å². The minimum atomic E-state index is -3.88. The van der Waals surface area contributed by atoms with Crippen LogP contribution in [0.4, 0.5) is 10.1 Å². The molecule has 3 aromatic rings. The number of halogens is 1. The molecule has 0 unspecified atom stereocenters. The molecule has 140 valence electrons. The van der Waals surface area contributed by atoms with Gasteiger partial charge in [0.2, 0.25) is 0 Å². The lowest BCUT2D eigenvalue weighted by Crippen LogP contribution is -2.31. The van der Waals surface area contributed by atoms with E-state index in [-0.39, 0.29) is 11.4 Å². The van der Waals surface area contributed by atoms with Crippen molar-refractivity contribution in [1.29, 1.82) is 0 Å². The average Bonchev–Trinajstić information content (AvgIpc) is 2.68. The van der Waals surface area contributed by atoms with Crippen LogP contribution in [0.5, 0.6) is 5.75 Å². The highest BCUT2D eigenvalue weighted by molar-refractivity contribution is 7.92. The predicted molar refractivity (Wildman–Crippen MR) is 104 cm³/mol. The smallest absolute Gasteiger partial charge is 0.264 e. The molecule has 0 aromatic heterocycles. The Hall–Kier alpha value is -2.86. The van der Waals surface area contributed by atoms with Crippen LogP contribution >= 0.6 is 0 Å². The van der Waals surface area contributed by atoms with Crippen molar-refractivity contribution in [2.45, 2.75) is 18.4 Å². The molecule has 0 amide bonds. The third kappa shape index (κ3) is 4.11. The fourth-order valence-corrected chi connectivity index (χ4v) is 4.13. The number of benzene rings is 3. The SMILES string of the molecule is COc1ccc(N(Cc2ccccc2F)S(=O)(=O)c2ccc(C)cc2)cc1. The van der Waals surface area contributed by atoms with Crippen LogP contribution in [0.15, 0.2) is 77.7 Å². The molecule has 0 N–H and O–H groups in total. The summed E-state index contributed by atoms with van der Waals surface area (Å²) in [5.74, 6) is 0.160. The van der Waals surface area contributed by atoms with E-state index in [0.717, 1.165) is 5.56 Å². The van der Waals surface area contributed by atoms with E-state index in [0.29, 0.717) is 17.0 Å². The first-order chi connectivity index (χ1) is 12.9. The van der Waals surface area contributed by atoms with Gasteiger partial charge in [0.1, 0.15) is 11.6 Å². The first-order valence-electron chi connectivity index (χ1n) is 8.38. The molecular weight excluding hydrogens is 365 g/mol. The highest BCUT2D eigenvalue weighted by Crippen LogP contribution is 2.28. The first-order valence-corrected chi connectivity index (χ1v) is 9.82. The van der Waals surface area contributed by atoms with Crippen molar-refractivity contribution in [1.82, 2.24) is 0 Å². The second-order valence-corrected chi connectivity index (χ2v) is 7.98. The summed E-state index contributed by atoms with van der Waals surface area (Å²) >= 11 is 0. The normalized spacial score (nSPS) is 11.2. The average molecular weight is 385 g/mol. The molecule has 0 bridgehead atoms. The molecule has 0 saturated heterocycles. The molecule has 27 heavy (non-hydrogen) atoms. The number of sulfonamides is 1. The Morgan fingerprint density at radius 1 is 0.926 bits per heavy atom. The molecule has 0 aliphatic rings.